The SMILES string of the molecule is O=C(Cc1ccccc1[N+](=O)[O-])Cc1ccccc1[N+](=O)[O-]. The molecule has 0 aliphatic carbocycles. The number of ketones is 1. The Morgan fingerprint density at radius 3 is 1.50 bits per heavy atom. The lowest BCUT2D eigenvalue weighted by Gasteiger charge is -2.04. The monoisotopic (exact) mass is 300 g/mol. The van der Waals surface area contributed by atoms with Gasteiger partial charge in [0.15, 0.2) is 0 Å². The number of nitro benzene ring substituents is 2. The van der Waals surface area contributed by atoms with Crippen LogP contribution in [0.5, 0.6) is 0 Å². The lowest BCUT2D eigenvalue weighted by atomic mass is 10.0. The van der Waals surface area contributed by atoms with Crippen molar-refractivity contribution < 1.29 is 14.6 Å². The number of para-hydroxylation sites is 2. The Morgan fingerprint density at radius 1 is 0.773 bits per heavy atom. The Bertz CT molecular complexity index is 681. The average molecular weight is 300 g/mol. The molecular weight excluding hydrogens is 288 g/mol. The van der Waals surface area contributed by atoms with Crippen molar-refractivity contribution in [2.45, 2.75) is 12.8 Å². The second-order valence-electron chi connectivity index (χ2n) is 4.66. The van der Waals surface area contributed by atoms with Gasteiger partial charge >= 0.3 is 0 Å². The molecule has 2 rings (SSSR count). The minimum Gasteiger partial charge on any atom is -0.299 e. The van der Waals surface area contributed by atoms with Crippen LogP contribution in [-0.2, 0) is 17.6 Å². The molecule has 0 aliphatic rings. The van der Waals surface area contributed by atoms with Crippen LogP contribution in [0.4, 0.5) is 11.4 Å². The number of rotatable bonds is 6. The number of benzene rings is 2. The highest BCUT2D eigenvalue weighted by molar-refractivity contribution is 5.84. The molecule has 2 aromatic rings. The molecule has 0 unspecified atom stereocenters. The zero-order chi connectivity index (χ0) is 16.1. The molecule has 0 aliphatic heterocycles. The van der Waals surface area contributed by atoms with E-state index in [1.807, 2.05) is 0 Å². The third-order valence-electron chi connectivity index (χ3n) is 3.15. The standard InChI is InChI=1S/C15H12N2O5/c18-13(9-11-5-1-3-7-14(11)16(19)20)10-12-6-2-4-8-15(12)17(21)22/h1-8H,9-10H2. The molecule has 0 atom stereocenters. The second-order valence-corrected chi connectivity index (χ2v) is 4.66. The zero-order valence-electron chi connectivity index (χ0n) is 11.5. The molecule has 7 heteroatoms. The van der Waals surface area contributed by atoms with Gasteiger partial charge in [-0.1, -0.05) is 36.4 Å². The largest absolute Gasteiger partial charge is 0.299 e. The Labute approximate surface area is 125 Å². The van der Waals surface area contributed by atoms with Gasteiger partial charge in [-0.2, -0.15) is 0 Å². The maximum atomic E-state index is 12.1. The van der Waals surface area contributed by atoms with E-state index in [0.717, 1.165) is 0 Å². The Hall–Kier alpha value is -3.09. The van der Waals surface area contributed by atoms with Crippen molar-refractivity contribution in [2.24, 2.45) is 0 Å². The van der Waals surface area contributed by atoms with Crippen molar-refractivity contribution in [1.82, 2.24) is 0 Å². The quantitative estimate of drug-likeness (QED) is 0.602. The molecule has 0 fully saturated rings. The number of hydrogen-bond donors (Lipinski definition) is 0. The minimum atomic E-state index is -0.548. The van der Waals surface area contributed by atoms with E-state index >= 15 is 0 Å². The fourth-order valence-corrected chi connectivity index (χ4v) is 2.16. The van der Waals surface area contributed by atoms with Gasteiger partial charge in [0.2, 0.25) is 0 Å². The summed E-state index contributed by atoms with van der Waals surface area (Å²) < 4.78 is 0. The van der Waals surface area contributed by atoms with Crippen LogP contribution < -0.4 is 0 Å². The summed E-state index contributed by atoms with van der Waals surface area (Å²) in [4.78, 5) is 32.8. The zero-order valence-corrected chi connectivity index (χ0v) is 11.5. The highest BCUT2D eigenvalue weighted by Gasteiger charge is 2.19. The summed E-state index contributed by atoms with van der Waals surface area (Å²) in [6, 6.07) is 11.9. The molecule has 7 nitrogen and oxygen atoms in total. The molecule has 22 heavy (non-hydrogen) atoms. The molecule has 0 bridgehead atoms. The number of carbonyl (C=O) groups excluding carboxylic acids is 1. The van der Waals surface area contributed by atoms with E-state index < -0.39 is 9.85 Å². The van der Waals surface area contributed by atoms with Gasteiger partial charge in [0, 0.05) is 36.1 Å². The predicted molar refractivity (Wildman–Crippen MR) is 78.6 cm³/mol. The number of Topliss-reactive ketones (excluding diaryl/α,β-unsaturated/α-hetero) is 1. The summed E-state index contributed by atoms with van der Waals surface area (Å²) >= 11 is 0. The number of nitro groups is 2. The topological polar surface area (TPSA) is 103 Å². The Morgan fingerprint density at radius 2 is 1.14 bits per heavy atom. The van der Waals surface area contributed by atoms with E-state index in [1.165, 1.54) is 36.4 Å². The fraction of sp³-hybridized carbons (Fsp3) is 0.133. The molecule has 0 radical (unpaired) electrons. The van der Waals surface area contributed by atoms with Gasteiger partial charge in [-0.25, -0.2) is 0 Å². The molecule has 0 saturated heterocycles. The third-order valence-corrected chi connectivity index (χ3v) is 3.15. The van der Waals surface area contributed by atoms with E-state index in [2.05, 4.69) is 0 Å². The van der Waals surface area contributed by atoms with E-state index in [4.69, 9.17) is 0 Å². The molecule has 112 valence electrons. The van der Waals surface area contributed by atoms with Gasteiger partial charge in [0.25, 0.3) is 11.4 Å². The predicted octanol–water partition coefficient (Wildman–Crippen LogP) is 2.86. The van der Waals surface area contributed by atoms with Crippen LogP contribution in [0.15, 0.2) is 48.5 Å². The summed E-state index contributed by atoms with van der Waals surface area (Å²) in [6.07, 6.45) is -0.271. The maximum Gasteiger partial charge on any atom is 0.273 e. The van der Waals surface area contributed by atoms with Gasteiger partial charge < -0.3 is 0 Å². The Balaban J connectivity index is 2.18. The highest BCUT2D eigenvalue weighted by atomic mass is 16.6. The molecular formula is C15H12N2O5. The molecule has 0 amide bonds. The fourth-order valence-electron chi connectivity index (χ4n) is 2.16. The summed E-state index contributed by atoms with van der Waals surface area (Å²) in [5.74, 6) is -0.316. The molecule has 0 spiro atoms. The van der Waals surface area contributed by atoms with E-state index in [1.54, 1.807) is 12.1 Å². The third kappa shape index (κ3) is 3.51. The first-order chi connectivity index (χ1) is 10.5. The van der Waals surface area contributed by atoms with E-state index in [0.29, 0.717) is 11.1 Å². The second kappa shape index (κ2) is 6.57. The Kier molecular flexibility index (Phi) is 4.57. The van der Waals surface area contributed by atoms with Crippen molar-refractivity contribution in [3.63, 3.8) is 0 Å². The van der Waals surface area contributed by atoms with Gasteiger partial charge in [0.1, 0.15) is 5.78 Å². The van der Waals surface area contributed by atoms with Crippen molar-refractivity contribution in [3.05, 3.63) is 79.9 Å². The van der Waals surface area contributed by atoms with Crippen LogP contribution in [0.2, 0.25) is 0 Å². The maximum absolute atomic E-state index is 12.1. The number of hydrogen-bond acceptors (Lipinski definition) is 5. The lowest BCUT2D eigenvalue weighted by molar-refractivity contribution is -0.385. The number of nitrogens with zero attached hydrogens (tertiary/aromatic N) is 2. The summed E-state index contributed by atoms with van der Waals surface area (Å²) in [5.41, 5.74) is 0.351. The van der Waals surface area contributed by atoms with Crippen LogP contribution in [0, 0.1) is 20.2 Å². The smallest absolute Gasteiger partial charge is 0.273 e. The summed E-state index contributed by atoms with van der Waals surface area (Å²) in [7, 11) is 0. The first kappa shape index (κ1) is 15.3. The van der Waals surface area contributed by atoms with Crippen LogP contribution in [0.1, 0.15) is 11.1 Å². The normalized spacial score (nSPS) is 10.2. The summed E-state index contributed by atoms with van der Waals surface area (Å²) in [6.45, 7) is 0. The van der Waals surface area contributed by atoms with Crippen molar-refractivity contribution in [1.29, 1.82) is 0 Å². The van der Waals surface area contributed by atoms with Gasteiger partial charge in [-0.3, -0.25) is 25.0 Å². The van der Waals surface area contributed by atoms with Crippen molar-refractivity contribution >= 4 is 17.2 Å². The van der Waals surface area contributed by atoms with Gasteiger partial charge in [0.05, 0.1) is 9.85 Å². The van der Waals surface area contributed by atoms with Crippen LogP contribution in [0.3, 0.4) is 0 Å². The molecule has 0 aromatic heterocycles. The van der Waals surface area contributed by atoms with Gasteiger partial charge in [-0.05, 0) is 0 Å². The summed E-state index contributed by atoms with van der Waals surface area (Å²) in [5, 5.41) is 21.8. The van der Waals surface area contributed by atoms with Crippen LogP contribution >= 0.6 is 0 Å². The highest BCUT2D eigenvalue weighted by Crippen LogP contribution is 2.21. The number of carbonyl (C=O) groups is 1. The van der Waals surface area contributed by atoms with Gasteiger partial charge in [-0.15, -0.1) is 0 Å². The molecule has 2 aromatic carbocycles. The molecule has 0 heterocycles. The molecule has 0 N–H and O–H groups in total. The van der Waals surface area contributed by atoms with Crippen LogP contribution in [0.25, 0.3) is 0 Å². The average Bonchev–Trinajstić information content (AvgIpc) is 2.47. The van der Waals surface area contributed by atoms with E-state index in [-0.39, 0.29) is 30.0 Å². The molecule has 0 saturated carbocycles. The van der Waals surface area contributed by atoms with Crippen molar-refractivity contribution in [3.8, 4) is 0 Å². The first-order valence-electron chi connectivity index (χ1n) is 6.45. The van der Waals surface area contributed by atoms with Crippen LogP contribution in [-0.4, -0.2) is 15.6 Å². The lowest BCUT2D eigenvalue weighted by Crippen LogP contribution is -2.09. The first-order valence-corrected chi connectivity index (χ1v) is 6.45. The van der Waals surface area contributed by atoms with E-state index in [9.17, 15) is 25.0 Å². The minimum absolute atomic E-state index is 0.126. The van der Waals surface area contributed by atoms with Crippen molar-refractivity contribution in [2.75, 3.05) is 0 Å².